The molecule has 0 fully saturated rings. The predicted molar refractivity (Wildman–Crippen MR) is 115 cm³/mol. The van der Waals surface area contributed by atoms with Gasteiger partial charge >= 0.3 is 5.69 Å². The van der Waals surface area contributed by atoms with E-state index in [-0.39, 0.29) is 22.5 Å². The van der Waals surface area contributed by atoms with Crippen LogP contribution in [0.15, 0.2) is 46.3 Å². The van der Waals surface area contributed by atoms with Crippen molar-refractivity contribution in [3.8, 4) is 22.9 Å². The van der Waals surface area contributed by atoms with E-state index < -0.39 is 40.8 Å². The summed E-state index contributed by atoms with van der Waals surface area (Å²) in [6.07, 6.45) is 5.18. The quantitative estimate of drug-likeness (QED) is 0.595. The molecule has 1 aromatic carbocycles. The number of nitrogens with zero attached hydrogens (tertiary/aromatic N) is 4. The number of pyridine rings is 1. The van der Waals surface area contributed by atoms with Gasteiger partial charge in [-0.05, 0) is 56.2 Å². The fourth-order valence-corrected chi connectivity index (χ4v) is 3.21. The standard InChI is InChI=1S/C23H19F3N4O3/c1-13-8-15(12-28-11-13)30-21(31)19(14-9-16(24)20(26)17(25)10-14)18(4-5-23(2,3)33)29(7-6-27)22(30)32/h4-5,8-12,33H,7H2,1-3H3/b5-4+. The van der Waals surface area contributed by atoms with Crippen molar-refractivity contribution in [2.24, 2.45) is 0 Å². The van der Waals surface area contributed by atoms with Crippen molar-refractivity contribution in [1.82, 2.24) is 14.1 Å². The summed E-state index contributed by atoms with van der Waals surface area (Å²) >= 11 is 0. The Morgan fingerprint density at radius 3 is 2.33 bits per heavy atom. The van der Waals surface area contributed by atoms with Crippen LogP contribution < -0.4 is 11.2 Å². The first-order chi connectivity index (χ1) is 15.4. The van der Waals surface area contributed by atoms with Crippen LogP contribution in [0.25, 0.3) is 22.9 Å². The highest BCUT2D eigenvalue weighted by atomic mass is 19.2. The van der Waals surface area contributed by atoms with Crippen LogP contribution in [-0.4, -0.2) is 24.8 Å². The zero-order chi connectivity index (χ0) is 24.5. The molecule has 0 amide bonds. The molecular formula is C23H19F3N4O3. The van der Waals surface area contributed by atoms with E-state index in [1.807, 2.05) is 6.07 Å². The average molecular weight is 456 g/mol. The Kier molecular flexibility index (Phi) is 6.37. The van der Waals surface area contributed by atoms with Crippen molar-refractivity contribution in [3.05, 3.63) is 86.2 Å². The van der Waals surface area contributed by atoms with E-state index in [2.05, 4.69) is 4.98 Å². The number of hydrogen-bond donors (Lipinski definition) is 1. The molecule has 2 aromatic heterocycles. The van der Waals surface area contributed by atoms with E-state index in [9.17, 15) is 33.1 Å². The zero-order valence-electron chi connectivity index (χ0n) is 17.9. The molecule has 0 aliphatic rings. The lowest BCUT2D eigenvalue weighted by Gasteiger charge is -2.18. The highest BCUT2D eigenvalue weighted by molar-refractivity contribution is 5.73. The van der Waals surface area contributed by atoms with Gasteiger partial charge in [0.05, 0.1) is 34.8 Å². The maximum absolute atomic E-state index is 14.1. The van der Waals surface area contributed by atoms with Crippen molar-refractivity contribution >= 4 is 6.08 Å². The Balaban J connectivity index is 2.55. The molecule has 170 valence electrons. The third-order valence-corrected chi connectivity index (χ3v) is 4.66. The molecule has 0 unspecified atom stereocenters. The number of rotatable bonds is 5. The predicted octanol–water partition coefficient (Wildman–Crippen LogP) is 3.09. The van der Waals surface area contributed by atoms with Crippen molar-refractivity contribution < 1.29 is 18.3 Å². The third-order valence-electron chi connectivity index (χ3n) is 4.66. The van der Waals surface area contributed by atoms with Gasteiger partial charge in [-0.25, -0.2) is 22.5 Å². The summed E-state index contributed by atoms with van der Waals surface area (Å²) in [7, 11) is 0. The van der Waals surface area contributed by atoms with Crippen molar-refractivity contribution in [1.29, 1.82) is 5.26 Å². The number of aromatic nitrogens is 3. The molecule has 3 rings (SSSR count). The van der Waals surface area contributed by atoms with Gasteiger partial charge in [0, 0.05) is 6.20 Å². The Hall–Kier alpha value is -3.97. The number of benzene rings is 1. The van der Waals surface area contributed by atoms with Crippen molar-refractivity contribution in [2.75, 3.05) is 0 Å². The Labute approximate surface area is 186 Å². The number of nitriles is 1. The van der Waals surface area contributed by atoms with Gasteiger partial charge in [-0.1, -0.05) is 6.08 Å². The molecule has 0 bridgehead atoms. The molecule has 0 aliphatic carbocycles. The van der Waals surface area contributed by atoms with E-state index in [0.717, 1.165) is 4.57 Å². The first-order valence-corrected chi connectivity index (χ1v) is 9.70. The maximum Gasteiger partial charge on any atom is 0.337 e. The zero-order valence-corrected chi connectivity index (χ0v) is 17.9. The number of aliphatic hydroxyl groups is 1. The van der Waals surface area contributed by atoms with E-state index in [4.69, 9.17) is 0 Å². The van der Waals surface area contributed by atoms with E-state index in [1.54, 1.807) is 6.92 Å². The monoisotopic (exact) mass is 456 g/mol. The topological polar surface area (TPSA) is 101 Å². The molecule has 7 nitrogen and oxygen atoms in total. The second kappa shape index (κ2) is 8.88. The minimum absolute atomic E-state index is 0.0685. The summed E-state index contributed by atoms with van der Waals surface area (Å²) in [5.41, 5.74) is -3.48. The molecule has 0 saturated heterocycles. The first kappa shape index (κ1) is 23.7. The summed E-state index contributed by atoms with van der Waals surface area (Å²) in [5, 5.41) is 19.4. The first-order valence-electron chi connectivity index (χ1n) is 9.70. The molecule has 0 radical (unpaired) electrons. The molecule has 10 heteroatoms. The minimum Gasteiger partial charge on any atom is -0.386 e. The lowest BCUT2D eigenvalue weighted by Crippen LogP contribution is -2.41. The number of hydrogen-bond acceptors (Lipinski definition) is 5. The van der Waals surface area contributed by atoms with Crippen LogP contribution in [0.1, 0.15) is 25.1 Å². The second-order valence-corrected chi connectivity index (χ2v) is 7.89. The van der Waals surface area contributed by atoms with Gasteiger partial charge in [-0.2, -0.15) is 5.26 Å². The molecule has 3 aromatic rings. The average Bonchev–Trinajstić information content (AvgIpc) is 2.72. The maximum atomic E-state index is 14.1. The van der Waals surface area contributed by atoms with Gasteiger partial charge in [0.2, 0.25) is 0 Å². The Bertz CT molecular complexity index is 1400. The SMILES string of the molecule is Cc1cncc(-n2c(=O)c(-c3cc(F)c(F)c(F)c3)c(/C=C/C(C)(C)O)n(CC#N)c2=O)c1. The van der Waals surface area contributed by atoms with E-state index in [1.165, 1.54) is 44.5 Å². The second-order valence-electron chi connectivity index (χ2n) is 7.89. The van der Waals surface area contributed by atoms with Crippen LogP contribution in [0.2, 0.25) is 0 Å². The third kappa shape index (κ3) is 4.78. The molecular weight excluding hydrogens is 437 g/mol. The van der Waals surface area contributed by atoms with Crippen LogP contribution in [-0.2, 0) is 6.54 Å². The fourth-order valence-electron chi connectivity index (χ4n) is 3.21. The van der Waals surface area contributed by atoms with Crippen LogP contribution >= 0.6 is 0 Å². The highest BCUT2D eigenvalue weighted by Gasteiger charge is 2.23. The van der Waals surface area contributed by atoms with Crippen LogP contribution in [0.5, 0.6) is 0 Å². The van der Waals surface area contributed by atoms with Crippen LogP contribution in [0, 0.1) is 35.7 Å². The van der Waals surface area contributed by atoms with Crippen LogP contribution in [0.3, 0.4) is 0 Å². The lowest BCUT2D eigenvalue weighted by molar-refractivity contribution is 0.134. The summed E-state index contributed by atoms with van der Waals surface area (Å²) in [6.45, 7) is 4.00. The van der Waals surface area contributed by atoms with Gasteiger partial charge < -0.3 is 5.11 Å². The summed E-state index contributed by atoms with van der Waals surface area (Å²) in [5.74, 6) is -4.80. The normalized spacial score (nSPS) is 11.7. The molecule has 0 atom stereocenters. The van der Waals surface area contributed by atoms with Gasteiger partial charge in [-0.15, -0.1) is 0 Å². The van der Waals surface area contributed by atoms with Crippen LogP contribution in [0.4, 0.5) is 13.2 Å². The number of halogens is 3. The Morgan fingerprint density at radius 1 is 1.15 bits per heavy atom. The molecule has 33 heavy (non-hydrogen) atoms. The van der Waals surface area contributed by atoms with Crippen molar-refractivity contribution in [2.45, 2.75) is 32.9 Å². The molecule has 0 saturated carbocycles. The highest BCUT2D eigenvalue weighted by Crippen LogP contribution is 2.26. The van der Waals surface area contributed by atoms with Gasteiger partial charge in [0.1, 0.15) is 6.54 Å². The summed E-state index contributed by atoms with van der Waals surface area (Å²) < 4.78 is 43.3. The summed E-state index contributed by atoms with van der Waals surface area (Å²) in [6, 6.07) is 4.55. The van der Waals surface area contributed by atoms with Crippen molar-refractivity contribution in [3.63, 3.8) is 0 Å². The Morgan fingerprint density at radius 2 is 1.79 bits per heavy atom. The van der Waals surface area contributed by atoms with Gasteiger partial charge in [0.15, 0.2) is 17.5 Å². The summed E-state index contributed by atoms with van der Waals surface area (Å²) in [4.78, 5) is 30.7. The molecule has 1 N–H and O–H groups in total. The van der Waals surface area contributed by atoms with E-state index >= 15 is 0 Å². The fraction of sp³-hybridized carbons (Fsp3) is 0.217. The van der Waals surface area contributed by atoms with Gasteiger partial charge in [0.25, 0.3) is 5.56 Å². The molecule has 0 aliphatic heterocycles. The largest absolute Gasteiger partial charge is 0.386 e. The minimum atomic E-state index is -1.72. The lowest BCUT2D eigenvalue weighted by atomic mass is 10.0. The molecule has 2 heterocycles. The number of aryl methyl sites for hydroxylation is 1. The smallest absolute Gasteiger partial charge is 0.337 e. The van der Waals surface area contributed by atoms with Gasteiger partial charge in [-0.3, -0.25) is 14.3 Å². The molecule has 0 spiro atoms. The van der Waals surface area contributed by atoms with E-state index in [0.29, 0.717) is 22.3 Å².